The number of hydrogen-bond acceptors (Lipinski definition) is 2. The van der Waals surface area contributed by atoms with Gasteiger partial charge in [0.05, 0.1) is 13.7 Å². The van der Waals surface area contributed by atoms with Crippen LogP contribution in [0.1, 0.15) is 35.3 Å². The molecule has 0 saturated heterocycles. The SMILES string of the molecule is CC.COc1ccc(N2Cc3cccc(C)c3C2=O)cc1. The molecule has 0 fully saturated rings. The molecule has 2 aromatic rings. The van der Waals surface area contributed by atoms with Gasteiger partial charge in [0, 0.05) is 11.3 Å². The van der Waals surface area contributed by atoms with E-state index in [1.807, 2.05) is 63.2 Å². The zero-order valence-electron chi connectivity index (χ0n) is 13.0. The number of methoxy groups -OCH3 is 1. The second-order valence-electron chi connectivity index (χ2n) is 4.70. The molecule has 0 bridgehead atoms. The number of amides is 1. The zero-order chi connectivity index (χ0) is 15.4. The van der Waals surface area contributed by atoms with Gasteiger partial charge in [-0.15, -0.1) is 0 Å². The molecule has 0 radical (unpaired) electrons. The maximum absolute atomic E-state index is 12.5. The minimum Gasteiger partial charge on any atom is -0.497 e. The van der Waals surface area contributed by atoms with E-state index in [0.29, 0.717) is 6.54 Å². The van der Waals surface area contributed by atoms with Gasteiger partial charge in [0.1, 0.15) is 5.75 Å². The normalized spacial score (nSPS) is 12.6. The number of ether oxygens (including phenoxy) is 1. The van der Waals surface area contributed by atoms with E-state index in [2.05, 4.69) is 0 Å². The highest BCUT2D eigenvalue weighted by atomic mass is 16.5. The predicted octanol–water partition coefficient (Wildman–Crippen LogP) is 4.19. The molecule has 0 aromatic heterocycles. The summed E-state index contributed by atoms with van der Waals surface area (Å²) in [4.78, 5) is 14.3. The number of benzene rings is 2. The molecule has 0 atom stereocenters. The van der Waals surface area contributed by atoms with Gasteiger partial charge >= 0.3 is 0 Å². The van der Waals surface area contributed by atoms with E-state index >= 15 is 0 Å². The molecular weight excluding hydrogens is 262 g/mol. The van der Waals surface area contributed by atoms with Crippen molar-refractivity contribution < 1.29 is 9.53 Å². The fraction of sp³-hybridized carbons (Fsp3) is 0.278. The molecule has 1 aliphatic rings. The molecule has 1 aliphatic heterocycles. The van der Waals surface area contributed by atoms with Gasteiger partial charge in [-0.1, -0.05) is 32.0 Å². The van der Waals surface area contributed by atoms with Gasteiger partial charge in [-0.05, 0) is 42.3 Å². The maximum Gasteiger partial charge on any atom is 0.259 e. The Morgan fingerprint density at radius 1 is 1.05 bits per heavy atom. The molecule has 1 heterocycles. The van der Waals surface area contributed by atoms with Crippen LogP contribution in [0.25, 0.3) is 0 Å². The summed E-state index contributed by atoms with van der Waals surface area (Å²) < 4.78 is 5.14. The van der Waals surface area contributed by atoms with E-state index in [-0.39, 0.29) is 5.91 Å². The van der Waals surface area contributed by atoms with Crippen molar-refractivity contribution in [1.29, 1.82) is 0 Å². The van der Waals surface area contributed by atoms with E-state index in [4.69, 9.17) is 4.74 Å². The first-order valence-electron chi connectivity index (χ1n) is 7.25. The average molecular weight is 283 g/mol. The molecule has 0 saturated carbocycles. The number of hydrogen-bond donors (Lipinski definition) is 0. The van der Waals surface area contributed by atoms with Gasteiger partial charge < -0.3 is 9.64 Å². The van der Waals surface area contributed by atoms with Gasteiger partial charge in [0.25, 0.3) is 5.91 Å². The smallest absolute Gasteiger partial charge is 0.259 e. The molecule has 3 nitrogen and oxygen atoms in total. The number of aryl methyl sites for hydroxylation is 1. The molecule has 0 N–H and O–H groups in total. The fourth-order valence-corrected chi connectivity index (χ4v) is 2.51. The van der Waals surface area contributed by atoms with Crippen molar-refractivity contribution >= 4 is 11.6 Å². The molecule has 0 aliphatic carbocycles. The number of fused-ring (bicyclic) bond motifs is 1. The Hall–Kier alpha value is -2.29. The lowest BCUT2D eigenvalue weighted by atomic mass is 10.0. The Kier molecular flexibility index (Phi) is 4.63. The van der Waals surface area contributed by atoms with Crippen LogP contribution >= 0.6 is 0 Å². The third-order valence-corrected chi connectivity index (χ3v) is 3.53. The van der Waals surface area contributed by atoms with Gasteiger partial charge in [0.15, 0.2) is 0 Å². The molecule has 110 valence electrons. The van der Waals surface area contributed by atoms with Crippen LogP contribution in [-0.2, 0) is 6.54 Å². The molecule has 0 spiro atoms. The molecule has 21 heavy (non-hydrogen) atoms. The Morgan fingerprint density at radius 3 is 2.29 bits per heavy atom. The largest absolute Gasteiger partial charge is 0.497 e. The van der Waals surface area contributed by atoms with Crippen LogP contribution in [0.15, 0.2) is 42.5 Å². The van der Waals surface area contributed by atoms with Crippen LogP contribution in [-0.4, -0.2) is 13.0 Å². The van der Waals surface area contributed by atoms with Crippen LogP contribution in [0.2, 0.25) is 0 Å². The van der Waals surface area contributed by atoms with Gasteiger partial charge in [-0.2, -0.15) is 0 Å². The molecule has 1 amide bonds. The Morgan fingerprint density at radius 2 is 1.71 bits per heavy atom. The second kappa shape index (κ2) is 6.44. The molecule has 0 unspecified atom stereocenters. The van der Waals surface area contributed by atoms with Crippen molar-refractivity contribution in [3.05, 3.63) is 59.2 Å². The zero-order valence-corrected chi connectivity index (χ0v) is 13.0. The lowest BCUT2D eigenvalue weighted by Gasteiger charge is -2.16. The third kappa shape index (κ3) is 2.77. The van der Waals surface area contributed by atoms with Gasteiger partial charge in [0.2, 0.25) is 0 Å². The second-order valence-corrected chi connectivity index (χ2v) is 4.70. The summed E-state index contributed by atoms with van der Waals surface area (Å²) in [5.74, 6) is 0.877. The lowest BCUT2D eigenvalue weighted by molar-refractivity contribution is 0.0996. The van der Waals surface area contributed by atoms with E-state index in [9.17, 15) is 4.79 Å². The third-order valence-electron chi connectivity index (χ3n) is 3.53. The van der Waals surface area contributed by atoms with Crippen molar-refractivity contribution in [3.63, 3.8) is 0 Å². The Bertz CT molecular complexity index is 632. The van der Waals surface area contributed by atoms with E-state index in [0.717, 1.165) is 28.1 Å². The number of anilines is 1. The highest BCUT2D eigenvalue weighted by molar-refractivity contribution is 6.10. The summed E-state index contributed by atoms with van der Waals surface area (Å²) in [6.07, 6.45) is 0. The minimum absolute atomic E-state index is 0.0817. The van der Waals surface area contributed by atoms with Crippen LogP contribution in [0.4, 0.5) is 5.69 Å². The predicted molar refractivity (Wildman–Crippen MR) is 86.0 cm³/mol. The van der Waals surface area contributed by atoms with Crippen LogP contribution in [0.3, 0.4) is 0 Å². The number of carbonyl (C=O) groups is 1. The molecule has 3 rings (SSSR count). The Labute approximate surface area is 126 Å². The standard InChI is InChI=1S/C16H15NO2.C2H6/c1-11-4-3-5-12-10-17(16(18)15(11)12)13-6-8-14(19-2)9-7-13;1-2/h3-9H,10H2,1-2H3;1-2H3. The summed E-state index contributed by atoms with van der Waals surface area (Å²) in [7, 11) is 1.63. The van der Waals surface area contributed by atoms with Crippen molar-refractivity contribution in [1.82, 2.24) is 0 Å². The van der Waals surface area contributed by atoms with E-state index in [1.165, 1.54) is 0 Å². The van der Waals surface area contributed by atoms with Gasteiger partial charge in [-0.3, -0.25) is 4.79 Å². The fourth-order valence-electron chi connectivity index (χ4n) is 2.51. The van der Waals surface area contributed by atoms with Crippen LogP contribution in [0, 0.1) is 6.92 Å². The maximum atomic E-state index is 12.5. The monoisotopic (exact) mass is 283 g/mol. The number of carbonyl (C=O) groups excluding carboxylic acids is 1. The van der Waals surface area contributed by atoms with E-state index in [1.54, 1.807) is 12.0 Å². The van der Waals surface area contributed by atoms with Crippen molar-refractivity contribution in [2.45, 2.75) is 27.3 Å². The summed E-state index contributed by atoms with van der Waals surface area (Å²) >= 11 is 0. The lowest BCUT2D eigenvalue weighted by Crippen LogP contribution is -2.23. The summed E-state index contributed by atoms with van der Waals surface area (Å²) in [6, 6.07) is 13.6. The summed E-state index contributed by atoms with van der Waals surface area (Å²) in [5, 5.41) is 0. The molecule has 3 heteroatoms. The molecular formula is C18H21NO2. The Balaban J connectivity index is 0.000000774. The topological polar surface area (TPSA) is 29.5 Å². The average Bonchev–Trinajstić information content (AvgIpc) is 2.88. The highest BCUT2D eigenvalue weighted by Crippen LogP contribution is 2.30. The minimum atomic E-state index is 0.0817. The van der Waals surface area contributed by atoms with Crippen molar-refractivity contribution in [3.8, 4) is 5.75 Å². The number of nitrogens with zero attached hydrogens (tertiary/aromatic N) is 1. The highest BCUT2D eigenvalue weighted by Gasteiger charge is 2.29. The summed E-state index contributed by atoms with van der Waals surface area (Å²) in [5.41, 5.74) is 3.89. The number of rotatable bonds is 2. The van der Waals surface area contributed by atoms with Crippen molar-refractivity contribution in [2.75, 3.05) is 12.0 Å². The quantitative estimate of drug-likeness (QED) is 0.827. The first-order valence-corrected chi connectivity index (χ1v) is 7.25. The van der Waals surface area contributed by atoms with Crippen molar-refractivity contribution in [2.24, 2.45) is 0 Å². The van der Waals surface area contributed by atoms with Crippen LogP contribution in [0.5, 0.6) is 5.75 Å². The molecule has 2 aromatic carbocycles. The van der Waals surface area contributed by atoms with Gasteiger partial charge in [-0.25, -0.2) is 0 Å². The first-order chi connectivity index (χ1) is 10.2. The van der Waals surface area contributed by atoms with Crippen LogP contribution < -0.4 is 9.64 Å². The van der Waals surface area contributed by atoms with E-state index < -0.39 is 0 Å². The first kappa shape index (κ1) is 15.1. The summed E-state index contributed by atoms with van der Waals surface area (Å²) in [6.45, 7) is 6.62.